The summed E-state index contributed by atoms with van der Waals surface area (Å²) in [7, 11) is 0. The molecule has 0 saturated carbocycles. The van der Waals surface area contributed by atoms with Gasteiger partial charge < -0.3 is 0 Å². The summed E-state index contributed by atoms with van der Waals surface area (Å²) in [6, 6.07) is 7.73. The van der Waals surface area contributed by atoms with Crippen LogP contribution in [0.1, 0.15) is 208 Å². The van der Waals surface area contributed by atoms with E-state index >= 15 is 0 Å². The minimum absolute atomic E-state index is 0.0325. The van der Waals surface area contributed by atoms with Crippen LogP contribution < -0.4 is 0 Å². The first-order chi connectivity index (χ1) is 18.7. The maximum Gasteiger partial charge on any atom is -0.0126 e. The first kappa shape index (κ1) is 37.6. The van der Waals surface area contributed by atoms with E-state index in [-0.39, 0.29) is 37.9 Å². The number of hydrogen-bond donors (Lipinski definition) is 0. The monoisotopic (exact) mass is 589 g/mol. The predicted molar refractivity (Wildman–Crippen MR) is 196 cm³/mol. The van der Waals surface area contributed by atoms with Gasteiger partial charge in [0.05, 0.1) is 0 Å². The second kappa shape index (κ2) is 11.4. The Hall–Kier alpha value is -1.56. The quantitative estimate of drug-likeness (QED) is 0.334. The fourth-order valence-electron chi connectivity index (χ4n) is 7.17. The van der Waals surface area contributed by atoms with Crippen molar-refractivity contribution in [2.75, 3.05) is 0 Å². The van der Waals surface area contributed by atoms with E-state index in [1.807, 2.05) is 0 Å². The molecule has 2 rings (SSSR count). The highest BCUT2D eigenvalue weighted by Crippen LogP contribution is 2.48. The maximum atomic E-state index is 2.61. The Morgan fingerprint density at radius 3 is 1.00 bits per heavy atom. The van der Waals surface area contributed by atoms with Crippen LogP contribution in [-0.2, 0) is 44.3 Å². The summed E-state index contributed by atoms with van der Waals surface area (Å²) in [4.78, 5) is 0. The summed E-state index contributed by atoms with van der Waals surface area (Å²) in [6.45, 7) is 53.2. The van der Waals surface area contributed by atoms with E-state index in [0.29, 0.717) is 5.92 Å². The molecule has 1 unspecified atom stereocenters. The molecule has 0 saturated heterocycles. The first-order valence-electron chi connectivity index (χ1n) is 17.1. The zero-order chi connectivity index (χ0) is 34.1. The van der Waals surface area contributed by atoms with E-state index in [2.05, 4.69) is 171 Å². The van der Waals surface area contributed by atoms with Crippen molar-refractivity contribution in [3.05, 3.63) is 68.3 Å². The van der Waals surface area contributed by atoms with E-state index in [4.69, 9.17) is 0 Å². The van der Waals surface area contributed by atoms with Crippen LogP contribution in [0.5, 0.6) is 0 Å². The molecule has 0 bridgehead atoms. The molecule has 1 atom stereocenters. The van der Waals surface area contributed by atoms with Gasteiger partial charge in [-0.2, -0.15) is 0 Å². The third kappa shape index (κ3) is 8.38. The van der Waals surface area contributed by atoms with Crippen LogP contribution in [0.4, 0.5) is 0 Å². The average molecular weight is 589 g/mol. The summed E-state index contributed by atoms with van der Waals surface area (Å²) in [5.74, 6) is 0.378. The molecule has 0 spiro atoms. The summed E-state index contributed by atoms with van der Waals surface area (Å²) >= 11 is 0. The normalized spacial score (nSPS) is 15.2. The molecule has 0 heterocycles. The lowest BCUT2D eigenvalue weighted by atomic mass is 9.63. The molecule has 0 fully saturated rings. The van der Waals surface area contributed by atoms with E-state index in [0.717, 1.165) is 6.42 Å². The van der Waals surface area contributed by atoms with E-state index in [1.54, 1.807) is 27.8 Å². The van der Waals surface area contributed by atoms with Gasteiger partial charge in [0.25, 0.3) is 0 Å². The summed E-state index contributed by atoms with van der Waals surface area (Å²) in [5, 5.41) is 0. The number of benzene rings is 2. The fourth-order valence-corrected chi connectivity index (χ4v) is 7.17. The fraction of sp³-hybridized carbons (Fsp3) is 0.721. The Morgan fingerprint density at radius 1 is 0.395 bits per heavy atom. The van der Waals surface area contributed by atoms with Gasteiger partial charge in [-0.05, 0) is 100 Å². The lowest BCUT2D eigenvalue weighted by Gasteiger charge is -2.41. The smallest absolute Gasteiger partial charge is 0.0126 e. The molecule has 0 amide bonds. The van der Waals surface area contributed by atoms with Crippen LogP contribution in [0.2, 0.25) is 0 Å². The highest BCUT2D eigenvalue weighted by atomic mass is 14.4. The van der Waals surface area contributed by atoms with Gasteiger partial charge in [0.1, 0.15) is 0 Å². The Kier molecular flexibility index (Phi) is 9.93. The molecular weight excluding hydrogens is 516 g/mol. The predicted octanol–water partition coefficient (Wildman–Crippen LogP) is 13.1. The van der Waals surface area contributed by atoms with E-state index in [9.17, 15) is 0 Å². The van der Waals surface area contributed by atoms with E-state index < -0.39 is 0 Å². The van der Waals surface area contributed by atoms with Crippen LogP contribution in [0, 0.1) is 0 Å². The Balaban J connectivity index is 3.22. The number of rotatable bonds is 3. The molecule has 0 aliphatic carbocycles. The van der Waals surface area contributed by atoms with Crippen LogP contribution in [0.3, 0.4) is 0 Å². The highest BCUT2D eigenvalue weighted by Gasteiger charge is 2.38. The molecule has 244 valence electrons. The molecule has 0 heteroatoms. The molecular formula is C43H72. The van der Waals surface area contributed by atoms with E-state index in [1.165, 1.54) is 22.3 Å². The van der Waals surface area contributed by atoms with Gasteiger partial charge in [0.15, 0.2) is 0 Å². The Morgan fingerprint density at radius 2 is 0.721 bits per heavy atom. The molecule has 43 heavy (non-hydrogen) atoms. The van der Waals surface area contributed by atoms with Crippen molar-refractivity contribution >= 4 is 0 Å². The van der Waals surface area contributed by atoms with Crippen molar-refractivity contribution in [2.45, 2.75) is 203 Å². The van der Waals surface area contributed by atoms with Crippen molar-refractivity contribution in [3.8, 4) is 0 Å². The largest absolute Gasteiger partial charge is 0.0581 e. The van der Waals surface area contributed by atoms with Gasteiger partial charge in [0, 0.05) is 0 Å². The summed E-state index contributed by atoms with van der Waals surface area (Å²) in [5.41, 5.74) is 14.2. The first-order valence-corrected chi connectivity index (χ1v) is 17.1. The van der Waals surface area contributed by atoms with Crippen LogP contribution in [0.25, 0.3) is 0 Å². The standard InChI is InChI=1S/C43H72/c1-27(29-24-28(37(2,3)4)25-31(38(5,6)7)34(29)41(14,15)16)23-30-35(42(17,18)19)32(39(8,9)10)26-33(40(11,12)13)36(30)43(20,21)22/h24-27H,23H2,1-22H3. The van der Waals surface area contributed by atoms with Gasteiger partial charge >= 0.3 is 0 Å². The van der Waals surface area contributed by atoms with Gasteiger partial charge in [-0.3, -0.25) is 0 Å². The van der Waals surface area contributed by atoms with Crippen LogP contribution in [0.15, 0.2) is 18.2 Å². The molecule has 0 aliphatic heterocycles. The molecule has 0 aliphatic rings. The average Bonchev–Trinajstić information content (AvgIpc) is 2.72. The molecule has 0 radical (unpaired) electrons. The van der Waals surface area contributed by atoms with Crippen molar-refractivity contribution in [1.82, 2.24) is 0 Å². The molecule has 0 nitrogen and oxygen atoms in total. The Bertz CT molecular complexity index is 1240. The van der Waals surface area contributed by atoms with Gasteiger partial charge in [-0.1, -0.05) is 171 Å². The zero-order valence-electron chi connectivity index (χ0n) is 33.0. The zero-order valence-corrected chi connectivity index (χ0v) is 33.0. The maximum absolute atomic E-state index is 2.61. The Labute approximate surface area is 270 Å². The van der Waals surface area contributed by atoms with Gasteiger partial charge in [-0.15, -0.1) is 0 Å². The molecule has 2 aromatic rings. The van der Waals surface area contributed by atoms with Gasteiger partial charge in [0.2, 0.25) is 0 Å². The minimum Gasteiger partial charge on any atom is -0.0581 e. The molecule has 0 N–H and O–H groups in total. The number of hydrogen-bond acceptors (Lipinski definition) is 0. The third-order valence-electron chi connectivity index (χ3n) is 9.18. The lowest BCUT2D eigenvalue weighted by Crippen LogP contribution is -2.32. The van der Waals surface area contributed by atoms with Crippen molar-refractivity contribution in [1.29, 1.82) is 0 Å². The topological polar surface area (TPSA) is 0 Å². The summed E-state index contributed by atoms with van der Waals surface area (Å²) < 4.78 is 0. The van der Waals surface area contributed by atoms with Gasteiger partial charge in [-0.25, -0.2) is 0 Å². The minimum atomic E-state index is 0.0325. The summed E-state index contributed by atoms with van der Waals surface area (Å²) in [6.07, 6.45) is 1.05. The van der Waals surface area contributed by atoms with Crippen molar-refractivity contribution in [2.24, 2.45) is 0 Å². The van der Waals surface area contributed by atoms with Crippen LogP contribution >= 0.6 is 0 Å². The van der Waals surface area contributed by atoms with Crippen molar-refractivity contribution in [3.63, 3.8) is 0 Å². The van der Waals surface area contributed by atoms with Crippen molar-refractivity contribution < 1.29 is 0 Å². The highest BCUT2D eigenvalue weighted by molar-refractivity contribution is 5.57. The van der Waals surface area contributed by atoms with Crippen LogP contribution in [-0.4, -0.2) is 0 Å². The second-order valence-electron chi connectivity index (χ2n) is 21.0. The SMILES string of the molecule is CC(Cc1c(C(C)(C)C)c(C(C)(C)C)cc(C(C)(C)C)c1C(C)(C)C)c1cc(C(C)(C)C)cc(C(C)(C)C)c1C(C)(C)C. The lowest BCUT2D eigenvalue weighted by molar-refractivity contribution is 0.485. The second-order valence-corrected chi connectivity index (χ2v) is 21.0. The molecule has 2 aromatic carbocycles. The molecule has 0 aromatic heterocycles. The third-order valence-corrected chi connectivity index (χ3v) is 9.18.